The third kappa shape index (κ3) is 4.30. The summed E-state index contributed by atoms with van der Waals surface area (Å²) in [5.74, 6) is 0.440. The monoisotopic (exact) mass is 368 g/mol. The maximum atomic E-state index is 12.9. The Morgan fingerprint density at radius 2 is 1.93 bits per heavy atom. The fraction of sp³-hybridized carbons (Fsp3) is 0.105. The van der Waals surface area contributed by atoms with Crippen LogP contribution < -0.4 is 14.9 Å². The van der Waals surface area contributed by atoms with Crippen LogP contribution in [0.4, 0.5) is 4.39 Å². The van der Waals surface area contributed by atoms with Gasteiger partial charge in [0.05, 0.1) is 26.1 Å². The van der Waals surface area contributed by atoms with Gasteiger partial charge in [-0.1, -0.05) is 12.1 Å². The van der Waals surface area contributed by atoms with Gasteiger partial charge >= 0.3 is 0 Å². The van der Waals surface area contributed by atoms with E-state index in [0.717, 1.165) is 0 Å². The summed E-state index contributed by atoms with van der Waals surface area (Å²) >= 11 is 0. The minimum absolute atomic E-state index is 0.228. The zero-order valence-electron chi connectivity index (χ0n) is 14.7. The van der Waals surface area contributed by atoms with Crippen molar-refractivity contribution in [2.24, 2.45) is 5.10 Å². The number of H-pyrrole nitrogens is 1. The Hall–Kier alpha value is -3.68. The van der Waals surface area contributed by atoms with Crippen LogP contribution in [0.5, 0.6) is 11.5 Å². The summed E-state index contributed by atoms with van der Waals surface area (Å²) in [6, 6.07) is 12.6. The van der Waals surface area contributed by atoms with Crippen LogP contribution in [0.15, 0.2) is 53.6 Å². The Morgan fingerprint density at radius 1 is 1.15 bits per heavy atom. The van der Waals surface area contributed by atoms with E-state index in [9.17, 15) is 9.18 Å². The smallest absolute Gasteiger partial charge is 0.289 e. The van der Waals surface area contributed by atoms with Crippen molar-refractivity contribution >= 4 is 12.1 Å². The van der Waals surface area contributed by atoms with Crippen LogP contribution in [0.3, 0.4) is 0 Å². The molecule has 0 fully saturated rings. The third-order valence-corrected chi connectivity index (χ3v) is 3.75. The van der Waals surface area contributed by atoms with Crippen LogP contribution in [-0.4, -0.2) is 36.5 Å². The molecular weight excluding hydrogens is 351 g/mol. The summed E-state index contributed by atoms with van der Waals surface area (Å²) in [6.45, 7) is 0. The lowest BCUT2D eigenvalue weighted by Gasteiger charge is -2.08. The summed E-state index contributed by atoms with van der Waals surface area (Å²) in [5, 5.41) is 10.7. The molecule has 138 valence electrons. The molecule has 0 saturated heterocycles. The highest BCUT2D eigenvalue weighted by Crippen LogP contribution is 2.32. The highest BCUT2D eigenvalue weighted by atomic mass is 19.1. The van der Waals surface area contributed by atoms with Gasteiger partial charge in [-0.25, -0.2) is 9.82 Å². The lowest BCUT2D eigenvalue weighted by Crippen LogP contribution is -2.17. The lowest BCUT2D eigenvalue weighted by atomic mass is 10.1. The molecule has 0 radical (unpaired) electrons. The number of aromatic nitrogens is 2. The van der Waals surface area contributed by atoms with Crippen molar-refractivity contribution < 1.29 is 18.7 Å². The van der Waals surface area contributed by atoms with Crippen molar-refractivity contribution in [3.63, 3.8) is 0 Å². The largest absolute Gasteiger partial charge is 0.497 e. The first-order valence-electron chi connectivity index (χ1n) is 7.97. The molecule has 3 rings (SSSR count). The molecule has 1 heterocycles. The standard InChI is InChI=1S/C19H17FN4O3/c1-26-14-7-8-18(27-2)15(9-14)16-10-17(23-22-16)19(25)24-21-11-12-3-5-13(20)6-4-12/h3-11H,1-2H3,(H,22,23)(H,24,25). The van der Waals surface area contributed by atoms with Crippen LogP contribution in [0, 0.1) is 5.82 Å². The van der Waals surface area contributed by atoms with Crippen LogP contribution in [0.25, 0.3) is 11.3 Å². The summed E-state index contributed by atoms with van der Waals surface area (Å²) in [6.07, 6.45) is 1.42. The van der Waals surface area contributed by atoms with Gasteiger partial charge in [0.1, 0.15) is 23.0 Å². The number of rotatable bonds is 6. The van der Waals surface area contributed by atoms with Gasteiger partial charge < -0.3 is 9.47 Å². The van der Waals surface area contributed by atoms with Crippen LogP contribution in [-0.2, 0) is 0 Å². The number of halogens is 1. The van der Waals surface area contributed by atoms with E-state index in [4.69, 9.17) is 9.47 Å². The van der Waals surface area contributed by atoms with Gasteiger partial charge in [0, 0.05) is 5.56 Å². The number of nitrogens with one attached hydrogen (secondary N) is 2. The number of benzene rings is 2. The van der Waals surface area contributed by atoms with Crippen LogP contribution in [0.2, 0.25) is 0 Å². The average Bonchev–Trinajstić information content (AvgIpc) is 3.19. The van der Waals surface area contributed by atoms with Crippen molar-refractivity contribution in [2.75, 3.05) is 14.2 Å². The topological polar surface area (TPSA) is 88.6 Å². The molecule has 3 aromatic rings. The number of aromatic amines is 1. The van der Waals surface area contributed by atoms with Gasteiger partial charge in [-0.3, -0.25) is 9.89 Å². The van der Waals surface area contributed by atoms with Crippen molar-refractivity contribution in [1.29, 1.82) is 0 Å². The van der Waals surface area contributed by atoms with Gasteiger partial charge in [0.25, 0.3) is 5.91 Å². The molecule has 0 bridgehead atoms. The Labute approximate surface area is 154 Å². The molecule has 0 atom stereocenters. The molecule has 7 nitrogen and oxygen atoms in total. The van der Waals surface area contributed by atoms with Crippen molar-refractivity contribution in [1.82, 2.24) is 15.6 Å². The number of amides is 1. The summed E-state index contributed by atoms with van der Waals surface area (Å²) < 4.78 is 23.4. The second kappa shape index (κ2) is 8.13. The van der Waals surface area contributed by atoms with E-state index < -0.39 is 5.91 Å². The number of ether oxygens (including phenoxy) is 2. The van der Waals surface area contributed by atoms with E-state index in [1.54, 1.807) is 50.6 Å². The third-order valence-electron chi connectivity index (χ3n) is 3.75. The zero-order valence-corrected chi connectivity index (χ0v) is 14.7. The molecule has 1 aromatic heterocycles. The second-order valence-corrected chi connectivity index (χ2v) is 5.48. The molecule has 0 aliphatic carbocycles. The van der Waals surface area contributed by atoms with Gasteiger partial charge in [-0.2, -0.15) is 10.2 Å². The fourth-order valence-corrected chi connectivity index (χ4v) is 2.36. The number of carbonyl (C=O) groups excluding carboxylic acids is 1. The minimum Gasteiger partial charge on any atom is -0.497 e. The van der Waals surface area contributed by atoms with Crippen molar-refractivity contribution in [2.45, 2.75) is 0 Å². The first-order chi connectivity index (χ1) is 13.1. The molecule has 0 spiro atoms. The first kappa shape index (κ1) is 18.1. The van der Waals surface area contributed by atoms with E-state index in [0.29, 0.717) is 28.3 Å². The number of hydrogen-bond acceptors (Lipinski definition) is 5. The Bertz CT molecular complexity index is 967. The fourth-order valence-electron chi connectivity index (χ4n) is 2.36. The minimum atomic E-state index is -0.464. The number of hydrogen-bond donors (Lipinski definition) is 2. The van der Waals surface area contributed by atoms with E-state index in [1.165, 1.54) is 18.3 Å². The Kier molecular flexibility index (Phi) is 5.46. The highest BCUT2D eigenvalue weighted by molar-refractivity contribution is 5.94. The normalized spacial score (nSPS) is 10.8. The zero-order chi connectivity index (χ0) is 19.2. The molecule has 0 saturated carbocycles. The van der Waals surface area contributed by atoms with Crippen molar-refractivity contribution in [3.8, 4) is 22.8 Å². The molecule has 1 amide bonds. The van der Waals surface area contributed by atoms with Crippen molar-refractivity contribution in [3.05, 3.63) is 65.6 Å². The molecule has 0 aliphatic heterocycles. The average molecular weight is 368 g/mol. The molecular formula is C19H17FN4O3. The maximum Gasteiger partial charge on any atom is 0.289 e. The van der Waals surface area contributed by atoms with E-state index in [2.05, 4.69) is 20.7 Å². The van der Waals surface area contributed by atoms with Crippen LogP contribution in [0.1, 0.15) is 16.1 Å². The van der Waals surface area contributed by atoms with Gasteiger partial charge in [-0.05, 0) is 42.0 Å². The van der Waals surface area contributed by atoms with Gasteiger partial charge in [0.15, 0.2) is 0 Å². The summed E-state index contributed by atoms with van der Waals surface area (Å²) in [5.41, 5.74) is 4.48. The molecule has 8 heteroatoms. The Morgan fingerprint density at radius 3 is 2.63 bits per heavy atom. The molecule has 2 N–H and O–H groups in total. The molecule has 0 aliphatic rings. The number of nitrogens with zero attached hydrogens (tertiary/aromatic N) is 2. The Balaban J connectivity index is 1.73. The highest BCUT2D eigenvalue weighted by Gasteiger charge is 2.14. The van der Waals surface area contributed by atoms with E-state index in [-0.39, 0.29) is 11.5 Å². The van der Waals surface area contributed by atoms with Crippen LogP contribution >= 0.6 is 0 Å². The molecule has 2 aromatic carbocycles. The predicted molar refractivity (Wildman–Crippen MR) is 98.6 cm³/mol. The van der Waals surface area contributed by atoms with E-state index >= 15 is 0 Å². The SMILES string of the molecule is COc1ccc(OC)c(-c2cc(C(=O)NN=Cc3ccc(F)cc3)[nH]n2)c1. The summed E-state index contributed by atoms with van der Waals surface area (Å²) in [4.78, 5) is 12.2. The first-order valence-corrected chi connectivity index (χ1v) is 7.97. The molecule has 0 unspecified atom stereocenters. The number of methoxy groups -OCH3 is 2. The maximum absolute atomic E-state index is 12.9. The second-order valence-electron chi connectivity index (χ2n) is 5.48. The number of carbonyl (C=O) groups is 1. The predicted octanol–water partition coefficient (Wildman–Crippen LogP) is 3.00. The summed E-state index contributed by atoms with van der Waals surface area (Å²) in [7, 11) is 3.11. The van der Waals surface area contributed by atoms with Gasteiger partial charge in [0.2, 0.25) is 0 Å². The quantitative estimate of drug-likeness (QED) is 0.517. The van der Waals surface area contributed by atoms with E-state index in [1.807, 2.05) is 0 Å². The lowest BCUT2D eigenvalue weighted by molar-refractivity contribution is 0.0950. The molecule has 27 heavy (non-hydrogen) atoms. The van der Waals surface area contributed by atoms with Gasteiger partial charge in [-0.15, -0.1) is 0 Å². The number of hydrazone groups is 1.